The summed E-state index contributed by atoms with van der Waals surface area (Å²) in [5, 5.41) is 2.89. The molecule has 0 unspecified atom stereocenters. The summed E-state index contributed by atoms with van der Waals surface area (Å²) in [7, 11) is -3.38. The fourth-order valence-electron chi connectivity index (χ4n) is 1.73. The summed E-state index contributed by atoms with van der Waals surface area (Å²) in [4.78, 5) is 12.2. The Balaban J connectivity index is 2.34. The maximum absolute atomic E-state index is 12.2. The number of amides is 1. The number of sulfone groups is 1. The zero-order chi connectivity index (χ0) is 15.6. The van der Waals surface area contributed by atoms with Crippen LogP contribution in [0.25, 0.3) is 0 Å². The monoisotopic (exact) mass is 324 g/mol. The average Bonchev–Trinajstić information content (AvgIpc) is 2.42. The number of nitrogen functional groups attached to an aromatic ring is 1. The van der Waals surface area contributed by atoms with Gasteiger partial charge in [-0.2, -0.15) is 0 Å². The first-order chi connectivity index (χ1) is 9.79. The first-order valence-electron chi connectivity index (χ1n) is 5.94. The minimum atomic E-state index is -3.38. The highest BCUT2D eigenvalue weighted by atomic mass is 35.5. The van der Waals surface area contributed by atoms with Crippen LogP contribution in [0.3, 0.4) is 0 Å². The predicted octanol–water partition coefficient (Wildman–Crippen LogP) is 2.58. The molecule has 0 fully saturated rings. The molecule has 1 amide bonds. The lowest BCUT2D eigenvalue weighted by molar-refractivity contribution is 0.102. The van der Waals surface area contributed by atoms with E-state index >= 15 is 0 Å². The van der Waals surface area contributed by atoms with Crippen LogP contribution < -0.4 is 11.1 Å². The molecule has 0 heterocycles. The van der Waals surface area contributed by atoms with E-state index < -0.39 is 15.7 Å². The van der Waals surface area contributed by atoms with E-state index in [2.05, 4.69) is 5.32 Å². The molecule has 0 aliphatic heterocycles. The molecule has 2 rings (SSSR count). The molecule has 3 N–H and O–H groups in total. The van der Waals surface area contributed by atoms with E-state index in [1.54, 1.807) is 18.2 Å². The molecule has 0 saturated carbocycles. The first-order valence-corrected chi connectivity index (χ1v) is 8.21. The molecular weight excluding hydrogens is 312 g/mol. The summed E-state index contributed by atoms with van der Waals surface area (Å²) in [5.74, 6) is -0.486. The van der Waals surface area contributed by atoms with Gasteiger partial charge in [0.2, 0.25) is 0 Å². The van der Waals surface area contributed by atoms with Gasteiger partial charge in [-0.05, 0) is 30.3 Å². The molecule has 5 nitrogen and oxygen atoms in total. The van der Waals surface area contributed by atoms with Crippen LogP contribution in [0, 0.1) is 0 Å². The lowest BCUT2D eigenvalue weighted by atomic mass is 10.2. The molecule has 0 aromatic heterocycles. The molecule has 110 valence electrons. The number of anilines is 2. The van der Waals surface area contributed by atoms with Crippen LogP contribution in [-0.2, 0) is 9.84 Å². The number of nitrogens with two attached hydrogens (primary N) is 1. The van der Waals surface area contributed by atoms with Crippen molar-refractivity contribution in [3.05, 3.63) is 53.1 Å². The molecule has 2 aromatic carbocycles. The molecule has 0 bridgehead atoms. The zero-order valence-electron chi connectivity index (χ0n) is 11.1. The highest BCUT2D eigenvalue weighted by molar-refractivity contribution is 7.90. The summed E-state index contributed by atoms with van der Waals surface area (Å²) < 4.78 is 23.0. The predicted molar refractivity (Wildman–Crippen MR) is 83.4 cm³/mol. The number of carbonyl (C=O) groups excluding carboxylic acids is 1. The van der Waals surface area contributed by atoms with Gasteiger partial charge in [0.15, 0.2) is 9.84 Å². The normalized spacial score (nSPS) is 11.1. The van der Waals surface area contributed by atoms with E-state index in [1.807, 2.05) is 0 Å². The average molecular weight is 325 g/mol. The summed E-state index contributed by atoms with van der Waals surface area (Å²) in [6.07, 6.45) is 1.08. The molecule has 0 saturated heterocycles. The number of carbonyl (C=O) groups is 1. The van der Waals surface area contributed by atoms with E-state index in [0.29, 0.717) is 16.4 Å². The van der Waals surface area contributed by atoms with Crippen molar-refractivity contribution >= 4 is 38.7 Å². The Bertz CT molecular complexity index is 783. The van der Waals surface area contributed by atoms with Crippen molar-refractivity contribution < 1.29 is 13.2 Å². The summed E-state index contributed by atoms with van der Waals surface area (Å²) in [6.45, 7) is 0. The molecule has 0 spiro atoms. The molecule has 0 aliphatic rings. The van der Waals surface area contributed by atoms with Crippen molar-refractivity contribution in [3.8, 4) is 0 Å². The topological polar surface area (TPSA) is 89.3 Å². The van der Waals surface area contributed by atoms with E-state index in [-0.39, 0.29) is 10.5 Å². The second-order valence-corrected chi connectivity index (χ2v) is 6.88. The third-order valence-corrected chi connectivity index (χ3v) is 4.23. The smallest absolute Gasteiger partial charge is 0.255 e. The van der Waals surface area contributed by atoms with Crippen molar-refractivity contribution in [1.29, 1.82) is 0 Å². The highest BCUT2D eigenvalue weighted by Gasteiger charge is 2.14. The van der Waals surface area contributed by atoms with E-state index in [1.165, 1.54) is 24.3 Å². The molecule has 21 heavy (non-hydrogen) atoms. The fourth-order valence-corrected chi connectivity index (χ4v) is 2.62. The fraction of sp³-hybridized carbons (Fsp3) is 0.0714. The second-order valence-electron chi connectivity index (χ2n) is 4.46. The molecule has 2 aromatic rings. The van der Waals surface area contributed by atoms with Gasteiger partial charge < -0.3 is 11.1 Å². The van der Waals surface area contributed by atoms with Crippen LogP contribution >= 0.6 is 11.6 Å². The van der Waals surface area contributed by atoms with Crippen molar-refractivity contribution in [3.63, 3.8) is 0 Å². The van der Waals surface area contributed by atoms with Gasteiger partial charge in [0.25, 0.3) is 5.91 Å². The largest absolute Gasteiger partial charge is 0.397 e. The number of nitrogens with one attached hydrogen (secondary N) is 1. The van der Waals surface area contributed by atoms with E-state index in [0.717, 1.165) is 6.26 Å². The maximum Gasteiger partial charge on any atom is 0.255 e. The zero-order valence-corrected chi connectivity index (χ0v) is 12.7. The van der Waals surface area contributed by atoms with Gasteiger partial charge >= 0.3 is 0 Å². The van der Waals surface area contributed by atoms with Crippen LogP contribution in [0.1, 0.15) is 10.4 Å². The maximum atomic E-state index is 12.2. The Hall–Kier alpha value is -2.05. The Kier molecular flexibility index (Phi) is 4.20. The SMILES string of the molecule is CS(=O)(=O)c1cccc(C(=O)Nc2c(N)cccc2Cl)c1. The number of hydrogen-bond donors (Lipinski definition) is 2. The van der Waals surface area contributed by atoms with Gasteiger partial charge in [0.1, 0.15) is 0 Å². The second kappa shape index (κ2) is 5.75. The highest BCUT2D eigenvalue weighted by Crippen LogP contribution is 2.28. The Morgan fingerprint density at radius 3 is 2.48 bits per heavy atom. The lowest BCUT2D eigenvalue weighted by Gasteiger charge is -2.10. The van der Waals surface area contributed by atoms with Crippen LogP contribution in [0.5, 0.6) is 0 Å². The van der Waals surface area contributed by atoms with Gasteiger partial charge in [-0.1, -0.05) is 23.7 Å². The van der Waals surface area contributed by atoms with Crippen LogP contribution in [0.4, 0.5) is 11.4 Å². The van der Waals surface area contributed by atoms with Crippen LogP contribution in [-0.4, -0.2) is 20.6 Å². The quantitative estimate of drug-likeness (QED) is 0.849. The van der Waals surface area contributed by atoms with E-state index in [9.17, 15) is 13.2 Å². The Morgan fingerprint density at radius 1 is 1.19 bits per heavy atom. The minimum Gasteiger partial charge on any atom is -0.397 e. The van der Waals surface area contributed by atoms with Gasteiger partial charge in [-0.25, -0.2) is 8.42 Å². The number of rotatable bonds is 3. The minimum absolute atomic E-state index is 0.0716. The van der Waals surface area contributed by atoms with Crippen molar-refractivity contribution in [1.82, 2.24) is 0 Å². The van der Waals surface area contributed by atoms with Gasteiger partial charge in [0.05, 0.1) is 21.3 Å². The summed E-state index contributed by atoms with van der Waals surface area (Å²) in [5.41, 5.74) is 6.59. The van der Waals surface area contributed by atoms with Crippen molar-refractivity contribution in [2.75, 3.05) is 17.3 Å². The molecule has 7 heteroatoms. The Labute approximate surface area is 127 Å². The van der Waals surface area contributed by atoms with Gasteiger partial charge in [0, 0.05) is 11.8 Å². The molecular formula is C14H13ClN2O3S. The summed E-state index contributed by atoms with van der Waals surface area (Å²) in [6, 6.07) is 10.6. The van der Waals surface area contributed by atoms with Crippen molar-refractivity contribution in [2.45, 2.75) is 4.90 Å². The van der Waals surface area contributed by atoms with Gasteiger partial charge in [-0.3, -0.25) is 4.79 Å². The van der Waals surface area contributed by atoms with Crippen LogP contribution in [0.15, 0.2) is 47.4 Å². The number of halogens is 1. The van der Waals surface area contributed by atoms with E-state index in [4.69, 9.17) is 17.3 Å². The van der Waals surface area contributed by atoms with Crippen molar-refractivity contribution in [2.24, 2.45) is 0 Å². The molecule has 0 aliphatic carbocycles. The first kappa shape index (κ1) is 15.3. The number of benzene rings is 2. The lowest BCUT2D eigenvalue weighted by Crippen LogP contribution is -2.14. The summed E-state index contributed by atoms with van der Waals surface area (Å²) >= 11 is 5.97. The molecule has 0 atom stereocenters. The number of para-hydroxylation sites is 1. The standard InChI is InChI=1S/C14H13ClN2O3S/c1-21(19,20)10-5-2-4-9(8-10)14(18)17-13-11(15)6-3-7-12(13)16/h2-8H,16H2,1H3,(H,17,18). The number of hydrogen-bond acceptors (Lipinski definition) is 4. The Morgan fingerprint density at radius 2 is 1.86 bits per heavy atom. The third-order valence-electron chi connectivity index (χ3n) is 2.81. The van der Waals surface area contributed by atoms with Gasteiger partial charge in [-0.15, -0.1) is 0 Å². The van der Waals surface area contributed by atoms with Crippen LogP contribution in [0.2, 0.25) is 5.02 Å². The third kappa shape index (κ3) is 3.53. The molecule has 0 radical (unpaired) electrons.